The van der Waals surface area contributed by atoms with E-state index in [1.807, 2.05) is 31.3 Å². The summed E-state index contributed by atoms with van der Waals surface area (Å²) in [5.74, 6) is 1.53. The van der Waals surface area contributed by atoms with Crippen LogP contribution in [-0.2, 0) is 10.8 Å². The molecule has 0 radical (unpaired) electrons. The highest BCUT2D eigenvalue weighted by Crippen LogP contribution is 2.15. The van der Waals surface area contributed by atoms with Gasteiger partial charge in [0.1, 0.15) is 5.75 Å². The minimum atomic E-state index is -0.897. The fourth-order valence-electron chi connectivity index (χ4n) is 1.86. The van der Waals surface area contributed by atoms with Crippen LogP contribution in [0.25, 0.3) is 0 Å². The highest BCUT2D eigenvalue weighted by atomic mass is 32.2. The minimum absolute atomic E-state index is 0.540. The Balaban J connectivity index is 2.40. The molecule has 4 heteroatoms. The summed E-state index contributed by atoms with van der Waals surface area (Å²) < 4.78 is 17.1. The first-order chi connectivity index (χ1) is 8.71. The van der Waals surface area contributed by atoms with Gasteiger partial charge in [0, 0.05) is 16.7 Å². The molecule has 102 valence electrons. The summed E-state index contributed by atoms with van der Waals surface area (Å²) in [6.07, 6.45) is 3.18. The summed E-state index contributed by atoms with van der Waals surface area (Å²) in [5, 5.41) is 3.26. The molecule has 2 atom stereocenters. The number of rotatable bonds is 8. The van der Waals surface area contributed by atoms with Crippen LogP contribution >= 0.6 is 0 Å². The molecule has 1 N–H and O–H groups in total. The Hall–Kier alpha value is -0.870. The summed E-state index contributed by atoms with van der Waals surface area (Å²) in [6, 6.07) is 8.01. The van der Waals surface area contributed by atoms with Crippen LogP contribution in [0, 0.1) is 0 Å². The van der Waals surface area contributed by atoms with Crippen LogP contribution in [0.2, 0.25) is 0 Å². The lowest BCUT2D eigenvalue weighted by atomic mass is 10.1. The Morgan fingerprint density at radius 2 is 2.00 bits per heavy atom. The van der Waals surface area contributed by atoms with Crippen LogP contribution in [0.1, 0.15) is 26.2 Å². The lowest BCUT2D eigenvalue weighted by Crippen LogP contribution is -2.24. The minimum Gasteiger partial charge on any atom is -0.497 e. The monoisotopic (exact) mass is 269 g/mol. The predicted octanol–water partition coefficient (Wildman–Crippen LogP) is 2.58. The average molecular weight is 269 g/mol. The third kappa shape index (κ3) is 4.78. The number of nitrogens with one attached hydrogen (secondary N) is 1. The van der Waals surface area contributed by atoms with Gasteiger partial charge < -0.3 is 10.1 Å². The van der Waals surface area contributed by atoms with Crippen LogP contribution in [0.5, 0.6) is 5.75 Å². The maximum atomic E-state index is 12.1. The molecule has 0 heterocycles. The number of methoxy groups -OCH3 is 1. The van der Waals surface area contributed by atoms with E-state index in [0.29, 0.717) is 6.04 Å². The van der Waals surface area contributed by atoms with E-state index < -0.39 is 10.8 Å². The first kappa shape index (κ1) is 15.2. The Morgan fingerprint density at radius 3 is 2.50 bits per heavy atom. The van der Waals surface area contributed by atoms with Gasteiger partial charge in [0.05, 0.1) is 17.9 Å². The molecule has 1 aromatic rings. The molecule has 0 aliphatic carbocycles. The van der Waals surface area contributed by atoms with E-state index in [-0.39, 0.29) is 0 Å². The summed E-state index contributed by atoms with van der Waals surface area (Å²) in [6.45, 7) is 2.17. The topological polar surface area (TPSA) is 38.3 Å². The van der Waals surface area contributed by atoms with Crippen molar-refractivity contribution in [3.8, 4) is 5.75 Å². The zero-order valence-corrected chi connectivity index (χ0v) is 12.3. The zero-order valence-electron chi connectivity index (χ0n) is 11.4. The second kappa shape index (κ2) is 8.27. The molecule has 0 fully saturated rings. The fourth-order valence-corrected chi connectivity index (χ4v) is 2.96. The van der Waals surface area contributed by atoms with Gasteiger partial charge in [0.15, 0.2) is 0 Å². The fraction of sp³-hybridized carbons (Fsp3) is 0.571. The molecule has 1 rings (SSSR count). The highest BCUT2D eigenvalue weighted by Gasteiger charge is 2.07. The van der Waals surface area contributed by atoms with Gasteiger partial charge in [-0.3, -0.25) is 4.21 Å². The predicted molar refractivity (Wildman–Crippen MR) is 76.6 cm³/mol. The highest BCUT2D eigenvalue weighted by molar-refractivity contribution is 7.85. The van der Waals surface area contributed by atoms with Crippen molar-refractivity contribution in [1.82, 2.24) is 5.32 Å². The molecule has 1 aromatic carbocycles. The molecule has 3 nitrogen and oxygen atoms in total. The van der Waals surface area contributed by atoms with E-state index in [4.69, 9.17) is 4.74 Å². The van der Waals surface area contributed by atoms with Gasteiger partial charge in [0.25, 0.3) is 0 Å². The van der Waals surface area contributed by atoms with Crippen LogP contribution in [-0.4, -0.2) is 30.2 Å². The van der Waals surface area contributed by atoms with Crippen molar-refractivity contribution in [1.29, 1.82) is 0 Å². The number of hydrogen-bond acceptors (Lipinski definition) is 3. The molecule has 0 bridgehead atoms. The van der Waals surface area contributed by atoms with Gasteiger partial charge in [0.2, 0.25) is 0 Å². The number of benzene rings is 1. The third-order valence-electron chi connectivity index (χ3n) is 3.11. The van der Waals surface area contributed by atoms with Crippen molar-refractivity contribution in [3.63, 3.8) is 0 Å². The summed E-state index contributed by atoms with van der Waals surface area (Å²) in [7, 11) is 2.72. The first-order valence-corrected chi connectivity index (χ1v) is 7.72. The van der Waals surface area contributed by atoms with E-state index in [2.05, 4.69) is 12.2 Å². The molecule has 2 unspecified atom stereocenters. The van der Waals surface area contributed by atoms with Crippen molar-refractivity contribution in [2.45, 2.75) is 37.1 Å². The molecule has 0 aromatic heterocycles. The second-order valence-corrected chi connectivity index (χ2v) is 5.83. The summed E-state index contributed by atoms with van der Waals surface area (Å²) >= 11 is 0. The normalized spacial score (nSPS) is 14.2. The first-order valence-electron chi connectivity index (χ1n) is 6.41. The zero-order chi connectivity index (χ0) is 13.4. The largest absolute Gasteiger partial charge is 0.497 e. The van der Waals surface area contributed by atoms with Gasteiger partial charge in [-0.1, -0.05) is 6.92 Å². The summed E-state index contributed by atoms with van der Waals surface area (Å²) in [5.41, 5.74) is 0. The number of hydrogen-bond donors (Lipinski definition) is 1. The molecular formula is C14H23NO2S. The second-order valence-electron chi connectivity index (χ2n) is 4.26. The third-order valence-corrected chi connectivity index (χ3v) is 4.56. The number of ether oxygens (including phenoxy) is 1. The molecule has 0 aliphatic rings. The lowest BCUT2D eigenvalue weighted by molar-refractivity contribution is 0.414. The molecule has 0 spiro atoms. The Labute approximate surface area is 112 Å². The van der Waals surface area contributed by atoms with Gasteiger partial charge >= 0.3 is 0 Å². The quantitative estimate of drug-likeness (QED) is 0.788. The van der Waals surface area contributed by atoms with Crippen LogP contribution in [0.15, 0.2) is 29.2 Å². The Kier molecular flexibility index (Phi) is 6.98. The van der Waals surface area contributed by atoms with Gasteiger partial charge in [-0.2, -0.15) is 0 Å². The Morgan fingerprint density at radius 1 is 1.33 bits per heavy atom. The molecule has 0 saturated heterocycles. The molecule has 18 heavy (non-hydrogen) atoms. The van der Waals surface area contributed by atoms with E-state index in [1.54, 1.807) is 7.11 Å². The van der Waals surface area contributed by atoms with Crippen molar-refractivity contribution in [2.24, 2.45) is 0 Å². The van der Waals surface area contributed by atoms with E-state index in [9.17, 15) is 4.21 Å². The van der Waals surface area contributed by atoms with Crippen LogP contribution < -0.4 is 10.1 Å². The molecule has 0 saturated carbocycles. The van der Waals surface area contributed by atoms with Gasteiger partial charge in [-0.05, 0) is 50.6 Å². The van der Waals surface area contributed by atoms with Crippen molar-refractivity contribution in [3.05, 3.63) is 24.3 Å². The standard InChI is InChI=1S/C14H23NO2S/c1-4-12(15-2)6-5-11-18(16)14-9-7-13(17-3)8-10-14/h7-10,12,15H,4-6,11H2,1-3H3. The van der Waals surface area contributed by atoms with E-state index in [1.165, 1.54) is 0 Å². The van der Waals surface area contributed by atoms with Gasteiger partial charge in [-0.25, -0.2) is 0 Å². The van der Waals surface area contributed by atoms with E-state index in [0.717, 1.165) is 35.7 Å². The van der Waals surface area contributed by atoms with Gasteiger partial charge in [-0.15, -0.1) is 0 Å². The maximum Gasteiger partial charge on any atom is 0.118 e. The maximum absolute atomic E-state index is 12.1. The smallest absolute Gasteiger partial charge is 0.118 e. The molecule has 0 aliphatic heterocycles. The van der Waals surface area contributed by atoms with Crippen molar-refractivity contribution in [2.75, 3.05) is 19.9 Å². The average Bonchev–Trinajstić information content (AvgIpc) is 2.43. The summed E-state index contributed by atoms with van der Waals surface area (Å²) in [4.78, 5) is 0.883. The van der Waals surface area contributed by atoms with E-state index >= 15 is 0 Å². The van der Waals surface area contributed by atoms with Crippen molar-refractivity contribution < 1.29 is 8.95 Å². The lowest BCUT2D eigenvalue weighted by Gasteiger charge is -2.12. The van der Waals surface area contributed by atoms with Crippen molar-refractivity contribution >= 4 is 10.8 Å². The Bertz CT molecular complexity index is 361. The SMILES string of the molecule is CCC(CCCS(=O)c1ccc(OC)cc1)NC. The van der Waals surface area contributed by atoms with Crippen LogP contribution in [0.3, 0.4) is 0 Å². The molecule has 0 amide bonds. The van der Waals surface area contributed by atoms with Crippen LogP contribution in [0.4, 0.5) is 0 Å². The molecular weight excluding hydrogens is 246 g/mol.